The lowest BCUT2D eigenvalue weighted by Crippen LogP contribution is -2.08. The monoisotopic (exact) mass is 222 g/mol. The van der Waals surface area contributed by atoms with Crippen molar-refractivity contribution in [2.45, 2.75) is 26.7 Å². The fourth-order valence-electron chi connectivity index (χ4n) is 1.28. The van der Waals surface area contributed by atoms with E-state index < -0.39 is 0 Å². The molecule has 1 rings (SSSR count). The minimum atomic E-state index is -0.120. The number of hydrogen-bond acceptors (Lipinski definition) is 3. The third-order valence-corrected chi connectivity index (χ3v) is 2.07. The molecule has 0 unspecified atom stereocenters. The van der Waals surface area contributed by atoms with Crippen molar-refractivity contribution in [2.75, 3.05) is 17.7 Å². The molecule has 0 saturated carbocycles. The Hall–Kier alpha value is -1.71. The Morgan fingerprint density at radius 2 is 2.25 bits per heavy atom. The number of hydrogen-bond donors (Lipinski definition) is 2. The van der Waals surface area contributed by atoms with Crippen molar-refractivity contribution in [3.05, 3.63) is 18.2 Å². The molecular formula is C12H18N2O2. The van der Waals surface area contributed by atoms with E-state index in [0.717, 1.165) is 12.8 Å². The summed E-state index contributed by atoms with van der Waals surface area (Å²) in [7, 11) is 0. The van der Waals surface area contributed by atoms with Gasteiger partial charge in [-0.15, -0.1) is 0 Å². The molecule has 0 bridgehead atoms. The Kier molecular flexibility index (Phi) is 4.64. The van der Waals surface area contributed by atoms with Crippen LogP contribution < -0.4 is 15.8 Å². The molecule has 88 valence electrons. The zero-order valence-electron chi connectivity index (χ0n) is 9.75. The molecular weight excluding hydrogens is 204 g/mol. The number of benzene rings is 1. The van der Waals surface area contributed by atoms with Gasteiger partial charge < -0.3 is 15.8 Å². The first kappa shape index (κ1) is 12.4. The Morgan fingerprint density at radius 3 is 2.88 bits per heavy atom. The van der Waals surface area contributed by atoms with Crippen LogP contribution >= 0.6 is 0 Å². The van der Waals surface area contributed by atoms with Gasteiger partial charge in [0.05, 0.1) is 12.3 Å². The molecule has 0 spiro atoms. The lowest BCUT2D eigenvalue weighted by atomic mass is 10.2. The second kappa shape index (κ2) is 6.00. The molecule has 0 fully saturated rings. The Balaban J connectivity index is 2.76. The SMILES string of the molecule is CCCCOc1cc(N)ccc1NC(C)=O. The minimum Gasteiger partial charge on any atom is -0.491 e. The fraction of sp³-hybridized carbons (Fsp3) is 0.417. The number of nitrogen functional groups attached to an aromatic ring is 1. The van der Waals surface area contributed by atoms with E-state index in [2.05, 4.69) is 12.2 Å². The third-order valence-electron chi connectivity index (χ3n) is 2.07. The molecule has 0 radical (unpaired) electrons. The van der Waals surface area contributed by atoms with Gasteiger partial charge in [0.25, 0.3) is 0 Å². The first-order valence-electron chi connectivity index (χ1n) is 5.43. The third kappa shape index (κ3) is 3.81. The van der Waals surface area contributed by atoms with Crippen molar-refractivity contribution in [2.24, 2.45) is 0 Å². The summed E-state index contributed by atoms with van der Waals surface area (Å²) in [6.07, 6.45) is 2.05. The molecule has 1 amide bonds. The maximum Gasteiger partial charge on any atom is 0.221 e. The van der Waals surface area contributed by atoms with Crippen LogP contribution in [-0.2, 0) is 4.79 Å². The quantitative estimate of drug-likeness (QED) is 0.594. The van der Waals surface area contributed by atoms with E-state index in [1.54, 1.807) is 18.2 Å². The Bertz CT molecular complexity index is 364. The molecule has 4 heteroatoms. The fourth-order valence-corrected chi connectivity index (χ4v) is 1.28. The highest BCUT2D eigenvalue weighted by Crippen LogP contribution is 2.27. The van der Waals surface area contributed by atoms with Gasteiger partial charge in [-0.2, -0.15) is 0 Å². The zero-order chi connectivity index (χ0) is 12.0. The van der Waals surface area contributed by atoms with Crippen LogP contribution in [0, 0.1) is 0 Å². The second-order valence-electron chi connectivity index (χ2n) is 3.64. The summed E-state index contributed by atoms with van der Waals surface area (Å²) in [5.41, 5.74) is 6.96. The number of anilines is 2. The van der Waals surface area contributed by atoms with Crippen molar-refractivity contribution in [3.63, 3.8) is 0 Å². The van der Waals surface area contributed by atoms with Gasteiger partial charge in [-0.05, 0) is 18.6 Å². The molecule has 1 aromatic rings. The lowest BCUT2D eigenvalue weighted by Gasteiger charge is -2.12. The maximum atomic E-state index is 11.0. The van der Waals surface area contributed by atoms with Gasteiger partial charge in [0.2, 0.25) is 5.91 Å². The summed E-state index contributed by atoms with van der Waals surface area (Å²) in [5.74, 6) is 0.508. The van der Waals surface area contributed by atoms with Gasteiger partial charge in [-0.25, -0.2) is 0 Å². The van der Waals surface area contributed by atoms with Crippen LogP contribution in [0.15, 0.2) is 18.2 Å². The first-order chi connectivity index (χ1) is 7.63. The number of nitrogens with two attached hydrogens (primary N) is 1. The van der Waals surface area contributed by atoms with E-state index in [4.69, 9.17) is 10.5 Å². The standard InChI is InChI=1S/C12H18N2O2/c1-3-4-7-16-12-8-10(13)5-6-11(12)14-9(2)15/h5-6,8H,3-4,7,13H2,1-2H3,(H,14,15). The molecule has 0 atom stereocenters. The average Bonchev–Trinajstić information content (AvgIpc) is 2.22. The number of amides is 1. The van der Waals surface area contributed by atoms with E-state index in [-0.39, 0.29) is 5.91 Å². The van der Waals surface area contributed by atoms with Crippen molar-refractivity contribution >= 4 is 17.3 Å². The highest BCUT2D eigenvalue weighted by Gasteiger charge is 2.05. The summed E-state index contributed by atoms with van der Waals surface area (Å²) in [4.78, 5) is 11.0. The van der Waals surface area contributed by atoms with Crippen LogP contribution in [0.3, 0.4) is 0 Å². The van der Waals surface area contributed by atoms with Crippen LogP contribution in [-0.4, -0.2) is 12.5 Å². The number of rotatable bonds is 5. The number of unbranched alkanes of at least 4 members (excludes halogenated alkanes) is 1. The molecule has 0 heterocycles. The van der Waals surface area contributed by atoms with Crippen LogP contribution in [0.4, 0.5) is 11.4 Å². The number of ether oxygens (including phenoxy) is 1. The van der Waals surface area contributed by atoms with Gasteiger partial charge in [-0.3, -0.25) is 4.79 Å². The van der Waals surface area contributed by atoms with Gasteiger partial charge in [-0.1, -0.05) is 13.3 Å². The summed E-state index contributed by atoms with van der Waals surface area (Å²) in [5, 5.41) is 2.71. The molecule has 0 aliphatic rings. The molecule has 16 heavy (non-hydrogen) atoms. The van der Waals surface area contributed by atoms with Gasteiger partial charge in [0.1, 0.15) is 5.75 Å². The first-order valence-corrected chi connectivity index (χ1v) is 5.43. The Morgan fingerprint density at radius 1 is 1.50 bits per heavy atom. The minimum absolute atomic E-state index is 0.120. The van der Waals surface area contributed by atoms with E-state index >= 15 is 0 Å². The molecule has 0 aliphatic heterocycles. The molecule has 3 N–H and O–H groups in total. The average molecular weight is 222 g/mol. The summed E-state index contributed by atoms with van der Waals surface area (Å²) in [6, 6.07) is 5.21. The smallest absolute Gasteiger partial charge is 0.221 e. The van der Waals surface area contributed by atoms with Crippen LogP contribution in [0.5, 0.6) is 5.75 Å². The molecule has 0 saturated heterocycles. The van der Waals surface area contributed by atoms with Crippen molar-refractivity contribution in [1.29, 1.82) is 0 Å². The number of carbonyl (C=O) groups is 1. The zero-order valence-corrected chi connectivity index (χ0v) is 9.75. The normalized spacial score (nSPS) is 9.88. The Labute approximate surface area is 95.8 Å². The van der Waals surface area contributed by atoms with E-state index in [0.29, 0.717) is 23.7 Å². The number of nitrogens with one attached hydrogen (secondary N) is 1. The highest BCUT2D eigenvalue weighted by molar-refractivity contribution is 5.90. The number of carbonyl (C=O) groups excluding carboxylic acids is 1. The van der Waals surface area contributed by atoms with E-state index in [1.165, 1.54) is 6.92 Å². The van der Waals surface area contributed by atoms with Gasteiger partial charge in [0.15, 0.2) is 0 Å². The lowest BCUT2D eigenvalue weighted by molar-refractivity contribution is -0.114. The van der Waals surface area contributed by atoms with Crippen LogP contribution in [0.1, 0.15) is 26.7 Å². The van der Waals surface area contributed by atoms with Gasteiger partial charge >= 0.3 is 0 Å². The predicted octanol–water partition coefficient (Wildman–Crippen LogP) is 2.41. The topological polar surface area (TPSA) is 64.3 Å². The van der Waals surface area contributed by atoms with Crippen molar-refractivity contribution in [3.8, 4) is 5.75 Å². The van der Waals surface area contributed by atoms with Gasteiger partial charge in [0, 0.05) is 18.7 Å². The van der Waals surface area contributed by atoms with E-state index in [9.17, 15) is 4.79 Å². The summed E-state index contributed by atoms with van der Waals surface area (Å²) < 4.78 is 5.56. The van der Waals surface area contributed by atoms with Crippen molar-refractivity contribution in [1.82, 2.24) is 0 Å². The second-order valence-corrected chi connectivity index (χ2v) is 3.64. The predicted molar refractivity (Wildman–Crippen MR) is 65.6 cm³/mol. The van der Waals surface area contributed by atoms with Crippen LogP contribution in [0.2, 0.25) is 0 Å². The maximum absolute atomic E-state index is 11.0. The van der Waals surface area contributed by atoms with Crippen LogP contribution in [0.25, 0.3) is 0 Å². The van der Waals surface area contributed by atoms with Crippen molar-refractivity contribution < 1.29 is 9.53 Å². The van der Waals surface area contributed by atoms with E-state index in [1.807, 2.05) is 0 Å². The largest absolute Gasteiger partial charge is 0.491 e. The molecule has 1 aromatic carbocycles. The highest BCUT2D eigenvalue weighted by atomic mass is 16.5. The summed E-state index contributed by atoms with van der Waals surface area (Å²) in [6.45, 7) is 4.19. The molecule has 0 aromatic heterocycles. The summed E-state index contributed by atoms with van der Waals surface area (Å²) >= 11 is 0. The molecule has 4 nitrogen and oxygen atoms in total. The molecule has 0 aliphatic carbocycles.